The molecular weight excluding hydrogens is 696 g/mol. The van der Waals surface area contributed by atoms with E-state index in [2.05, 4.69) is 20.8 Å². The summed E-state index contributed by atoms with van der Waals surface area (Å²) in [6.45, 7) is 5.40. The lowest BCUT2D eigenvalue weighted by Gasteiger charge is -2.57. The minimum atomic E-state index is -1.77. The van der Waals surface area contributed by atoms with Gasteiger partial charge in [0.1, 0.15) is 48.8 Å². The van der Waals surface area contributed by atoms with E-state index in [-0.39, 0.29) is 35.7 Å². The second-order valence-electron chi connectivity index (χ2n) is 16.9. The Bertz CT molecular complexity index is 1250. The van der Waals surface area contributed by atoms with Crippen molar-refractivity contribution in [3.63, 3.8) is 0 Å². The number of aliphatic hydroxyl groups excluding tert-OH is 9. The van der Waals surface area contributed by atoms with Crippen LogP contribution in [-0.4, -0.2) is 151 Å². The maximum atomic E-state index is 11.6. The third-order valence-corrected chi connectivity index (χ3v) is 13.4. The number of fused-ring (bicyclic) bond motifs is 3. The molecule has 9 N–H and O–H groups in total. The second-order valence-corrected chi connectivity index (χ2v) is 16.9. The van der Waals surface area contributed by atoms with E-state index in [1.165, 1.54) is 0 Å². The standard InChI is InChI=1S/C38H62O15/c1-19-6-9-24-21(13-23(41)18-49-38(20(2)12-19)10-4-5-11-48-38)7-8-22-14-26(25(42)15-37(22,24)3)50-35-33(47)31(45)34(28(17-40)52-35)53-36-32(46)30(44)29(43)27(16-39)51-36/h4-5,10-11,19-36,39-47H,6-9,12-18H2,1-3H3/t19-,20+,21-,22-,23-,24-,25+,26+,27+,28+,29+,30-,31+,32+,33+,34+,35+,36-,37-,38+/m1/s1. The van der Waals surface area contributed by atoms with Gasteiger partial charge in [-0.3, -0.25) is 0 Å². The number of hydrogen-bond donors (Lipinski definition) is 9. The van der Waals surface area contributed by atoms with E-state index in [9.17, 15) is 46.0 Å². The largest absolute Gasteiger partial charge is 0.466 e. The van der Waals surface area contributed by atoms with Crippen molar-refractivity contribution in [2.75, 3.05) is 19.8 Å². The minimum Gasteiger partial charge on any atom is -0.466 e. The highest BCUT2D eigenvalue weighted by molar-refractivity contribution is 5.13. The zero-order valence-electron chi connectivity index (χ0n) is 31.0. The van der Waals surface area contributed by atoms with Crippen molar-refractivity contribution in [1.29, 1.82) is 0 Å². The van der Waals surface area contributed by atoms with Gasteiger partial charge in [0.15, 0.2) is 12.6 Å². The summed E-state index contributed by atoms with van der Waals surface area (Å²) in [6.07, 6.45) is -4.50. The van der Waals surface area contributed by atoms with Gasteiger partial charge in [-0.05, 0) is 86.2 Å². The van der Waals surface area contributed by atoms with Gasteiger partial charge in [-0.1, -0.05) is 33.3 Å². The van der Waals surface area contributed by atoms with Gasteiger partial charge in [-0.15, -0.1) is 0 Å². The van der Waals surface area contributed by atoms with Crippen LogP contribution in [0.4, 0.5) is 0 Å². The highest BCUT2D eigenvalue weighted by Gasteiger charge is 2.56. The fraction of sp³-hybridized carbons (Fsp3) is 0.895. The van der Waals surface area contributed by atoms with Crippen molar-refractivity contribution in [1.82, 2.24) is 0 Å². The molecule has 0 aromatic rings. The van der Waals surface area contributed by atoms with E-state index >= 15 is 0 Å². The molecule has 304 valence electrons. The fourth-order valence-electron chi connectivity index (χ4n) is 10.3. The normalized spacial score (nSPS) is 52.5. The molecule has 20 atom stereocenters. The molecule has 2 aliphatic carbocycles. The summed E-state index contributed by atoms with van der Waals surface area (Å²) in [6, 6.07) is 0. The maximum Gasteiger partial charge on any atom is 0.232 e. The number of rotatable bonds is 6. The quantitative estimate of drug-likeness (QED) is 0.160. The van der Waals surface area contributed by atoms with Crippen LogP contribution in [0.3, 0.4) is 0 Å². The first-order valence-corrected chi connectivity index (χ1v) is 19.5. The van der Waals surface area contributed by atoms with Crippen LogP contribution >= 0.6 is 0 Å². The summed E-state index contributed by atoms with van der Waals surface area (Å²) in [5.41, 5.74) is -0.247. The average Bonchev–Trinajstić information content (AvgIpc) is 3.13. The van der Waals surface area contributed by atoms with Crippen molar-refractivity contribution in [3.05, 3.63) is 24.5 Å². The van der Waals surface area contributed by atoms with Gasteiger partial charge in [0, 0.05) is 5.92 Å². The second kappa shape index (κ2) is 17.1. The molecule has 0 radical (unpaired) electrons. The monoisotopic (exact) mass is 758 g/mol. The molecule has 0 amide bonds. The summed E-state index contributed by atoms with van der Waals surface area (Å²) in [5.74, 6) is 0.175. The van der Waals surface area contributed by atoms with Gasteiger partial charge in [0.25, 0.3) is 0 Å². The SMILES string of the molecule is C[C@@H]1CC[C@@H]2[C@H](CC[C@@H]3C[C@H](O[C@H]4O[C@@H](CO)[C@H](O[C@H]5O[C@@H](CO)[C@H](O)[C@@H](O)[C@@H]5O)[C@@H](O)[C@@H]4O)[C@@H](O)C[C@]32C)C[C@@H](O)CO[C@@]2(C=CC=CO2)[C@@H](C)C1. The first-order valence-electron chi connectivity index (χ1n) is 19.5. The molecule has 4 heterocycles. The Morgan fingerprint density at radius 1 is 0.736 bits per heavy atom. The van der Waals surface area contributed by atoms with Gasteiger partial charge in [0.05, 0.1) is 44.4 Å². The smallest absolute Gasteiger partial charge is 0.232 e. The van der Waals surface area contributed by atoms with Crippen LogP contribution in [0.2, 0.25) is 0 Å². The summed E-state index contributed by atoms with van der Waals surface area (Å²) in [4.78, 5) is 0. The number of hydrogen-bond acceptors (Lipinski definition) is 15. The molecule has 15 nitrogen and oxygen atoms in total. The first kappa shape index (κ1) is 41.4. The van der Waals surface area contributed by atoms with Crippen LogP contribution in [0.5, 0.6) is 0 Å². The first-order chi connectivity index (χ1) is 25.2. The molecule has 0 aromatic heterocycles. The highest BCUT2D eigenvalue weighted by Crippen LogP contribution is 2.58. The molecule has 0 aromatic carbocycles. The zero-order chi connectivity index (χ0) is 38.2. The zero-order valence-corrected chi connectivity index (χ0v) is 31.0. The van der Waals surface area contributed by atoms with Crippen LogP contribution in [0.1, 0.15) is 72.1 Å². The van der Waals surface area contributed by atoms with Crippen LogP contribution in [0.15, 0.2) is 24.5 Å². The third-order valence-electron chi connectivity index (χ3n) is 13.4. The molecule has 6 rings (SSSR count). The topological polar surface area (TPSA) is 237 Å². The van der Waals surface area contributed by atoms with Crippen molar-refractivity contribution in [2.45, 2.75) is 158 Å². The maximum absolute atomic E-state index is 11.6. The Kier molecular flexibility index (Phi) is 13.3. The lowest BCUT2D eigenvalue weighted by atomic mass is 9.50. The molecule has 2 saturated carbocycles. The molecule has 1 spiro atoms. The summed E-state index contributed by atoms with van der Waals surface area (Å²) in [7, 11) is 0. The van der Waals surface area contributed by atoms with E-state index in [1.54, 1.807) is 6.26 Å². The van der Waals surface area contributed by atoms with E-state index in [1.807, 2.05) is 18.2 Å². The van der Waals surface area contributed by atoms with Crippen molar-refractivity contribution in [2.24, 2.45) is 35.0 Å². The van der Waals surface area contributed by atoms with Crippen molar-refractivity contribution >= 4 is 0 Å². The Morgan fingerprint density at radius 2 is 1.43 bits per heavy atom. The minimum absolute atomic E-state index is 0.0566. The lowest BCUT2D eigenvalue weighted by molar-refractivity contribution is -0.366. The van der Waals surface area contributed by atoms with Crippen LogP contribution in [0, 0.1) is 35.0 Å². The Balaban J connectivity index is 1.11. The van der Waals surface area contributed by atoms with Crippen LogP contribution in [0.25, 0.3) is 0 Å². The predicted octanol–water partition coefficient (Wildman–Crippen LogP) is -0.181. The van der Waals surface area contributed by atoms with Gasteiger partial charge in [0.2, 0.25) is 5.79 Å². The van der Waals surface area contributed by atoms with Gasteiger partial charge in [-0.25, -0.2) is 0 Å². The van der Waals surface area contributed by atoms with E-state index in [0.29, 0.717) is 25.2 Å². The molecule has 0 bridgehead atoms. The van der Waals surface area contributed by atoms with E-state index in [0.717, 1.165) is 32.1 Å². The van der Waals surface area contributed by atoms with Gasteiger partial charge >= 0.3 is 0 Å². The van der Waals surface area contributed by atoms with Crippen molar-refractivity contribution < 1.29 is 74.4 Å². The van der Waals surface area contributed by atoms with E-state index in [4.69, 9.17) is 28.4 Å². The summed E-state index contributed by atoms with van der Waals surface area (Å²) in [5, 5.41) is 95.6. The molecule has 3 saturated heterocycles. The number of aliphatic hydroxyl groups is 9. The molecule has 15 heteroatoms. The third kappa shape index (κ3) is 8.40. The van der Waals surface area contributed by atoms with Gasteiger partial charge < -0.3 is 74.4 Å². The summed E-state index contributed by atoms with van der Waals surface area (Å²) >= 11 is 0. The summed E-state index contributed by atoms with van der Waals surface area (Å²) < 4.78 is 35.6. The molecule has 6 aliphatic rings. The molecule has 5 fully saturated rings. The fourth-order valence-corrected chi connectivity index (χ4v) is 10.3. The van der Waals surface area contributed by atoms with Gasteiger partial charge in [-0.2, -0.15) is 0 Å². The lowest BCUT2D eigenvalue weighted by Crippen LogP contribution is -2.65. The molecule has 53 heavy (non-hydrogen) atoms. The highest BCUT2D eigenvalue weighted by atomic mass is 16.7. The van der Waals surface area contributed by atoms with Crippen LogP contribution < -0.4 is 0 Å². The molecular formula is C38H62O15. The van der Waals surface area contributed by atoms with Crippen molar-refractivity contribution in [3.8, 4) is 0 Å². The van der Waals surface area contributed by atoms with Crippen LogP contribution in [-0.2, 0) is 28.4 Å². The Hall–Kier alpha value is -1.28. The predicted molar refractivity (Wildman–Crippen MR) is 185 cm³/mol. The number of allylic oxidation sites excluding steroid dienone is 2. The Labute approximate surface area is 311 Å². The number of ether oxygens (including phenoxy) is 6. The molecule has 4 aliphatic heterocycles. The average molecular weight is 759 g/mol. The van der Waals surface area contributed by atoms with E-state index < -0.39 is 98.7 Å². The molecule has 0 unspecified atom stereocenters. The Morgan fingerprint density at radius 3 is 2.13 bits per heavy atom.